The van der Waals surface area contributed by atoms with Gasteiger partial charge in [0, 0.05) is 11.3 Å². The Balaban J connectivity index is 2.18. The maximum Gasteiger partial charge on any atom is 0.337 e. The number of benzene rings is 1. The molecule has 0 aliphatic rings. The summed E-state index contributed by atoms with van der Waals surface area (Å²) in [5.41, 5.74) is 1.69. The minimum absolute atomic E-state index is 0.212. The van der Waals surface area contributed by atoms with Gasteiger partial charge in [-0.2, -0.15) is 0 Å². The zero-order valence-corrected chi connectivity index (χ0v) is 10.5. The monoisotopic (exact) mass is 260 g/mol. The summed E-state index contributed by atoms with van der Waals surface area (Å²) in [6.07, 6.45) is 1.39. The number of amides is 1. The number of nitrogens with zero attached hydrogens (tertiary/aromatic N) is 1. The van der Waals surface area contributed by atoms with Crippen LogP contribution in [0.1, 0.15) is 26.4 Å². The van der Waals surface area contributed by atoms with Crippen LogP contribution in [-0.4, -0.2) is 24.1 Å². The molecule has 6 nitrogen and oxygen atoms in total. The molecule has 1 N–H and O–H groups in total. The number of aromatic nitrogens is 1. The molecule has 19 heavy (non-hydrogen) atoms. The summed E-state index contributed by atoms with van der Waals surface area (Å²) in [5, 5.41) is 6.24. The van der Waals surface area contributed by atoms with Gasteiger partial charge in [0.1, 0.15) is 6.26 Å². The van der Waals surface area contributed by atoms with Crippen molar-refractivity contribution < 1.29 is 18.8 Å². The number of carbonyl (C=O) groups is 2. The minimum atomic E-state index is -0.464. The molecule has 1 heterocycles. The van der Waals surface area contributed by atoms with E-state index in [-0.39, 0.29) is 5.69 Å². The van der Waals surface area contributed by atoms with Crippen molar-refractivity contribution in [1.29, 1.82) is 0 Å². The highest BCUT2D eigenvalue weighted by Gasteiger charge is 2.14. The molecule has 0 saturated heterocycles. The van der Waals surface area contributed by atoms with E-state index in [1.807, 2.05) is 0 Å². The molecule has 1 aromatic carbocycles. The first kappa shape index (κ1) is 12.8. The molecule has 0 unspecified atom stereocenters. The molecular weight excluding hydrogens is 248 g/mol. The van der Waals surface area contributed by atoms with Crippen LogP contribution in [0.3, 0.4) is 0 Å². The van der Waals surface area contributed by atoms with Gasteiger partial charge < -0.3 is 14.6 Å². The Labute approximate surface area is 109 Å². The number of esters is 1. The van der Waals surface area contributed by atoms with Crippen LogP contribution in [0.15, 0.2) is 35.1 Å². The van der Waals surface area contributed by atoms with E-state index in [1.54, 1.807) is 25.1 Å². The van der Waals surface area contributed by atoms with Crippen LogP contribution in [0, 0.1) is 6.92 Å². The average Bonchev–Trinajstić information content (AvgIpc) is 2.84. The summed E-state index contributed by atoms with van der Waals surface area (Å²) in [4.78, 5) is 23.3. The summed E-state index contributed by atoms with van der Waals surface area (Å²) in [6.45, 7) is 1.72. The van der Waals surface area contributed by atoms with Gasteiger partial charge in [-0.05, 0) is 25.1 Å². The lowest BCUT2D eigenvalue weighted by atomic mass is 10.2. The van der Waals surface area contributed by atoms with Gasteiger partial charge in [-0.25, -0.2) is 4.79 Å². The Morgan fingerprint density at radius 3 is 2.79 bits per heavy atom. The van der Waals surface area contributed by atoms with Gasteiger partial charge >= 0.3 is 5.97 Å². The van der Waals surface area contributed by atoms with Gasteiger partial charge in [-0.15, -0.1) is 0 Å². The first-order valence-corrected chi connectivity index (χ1v) is 5.52. The molecule has 0 saturated carbocycles. The second kappa shape index (κ2) is 5.34. The zero-order valence-electron chi connectivity index (χ0n) is 10.5. The third-order valence-electron chi connectivity index (χ3n) is 2.50. The van der Waals surface area contributed by atoms with Crippen molar-refractivity contribution in [2.75, 3.05) is 12.4 Å². The number of carbonyl (C=O) groups excluding carboxylic acids is 2. The van der Waals surface area contributed by atoms with Gasteiger partial charge in [0.05, 0.1) is 12.7 Å². The van der Waals surface area contributed by atoms with Crippen molar-refractivity contribution in [3.05, 3.63) is 47.3 Å². The fourth-order valence-corrected chi connectivity index (χ4v) is 1.54. The number of anilines is 1. The van der Waals surface area contributed by atoms with Crippen LogP contribution in [0.25, 0.3) is 0 Å². The number of hydrogen-bond donors (Lipinski definition) is 1. The summed E-state index contributed by atoms with van der Waals surface area (Å²) >= 11 is 0. The normalized spacial score (nSPS) is 10.0. The van der Waals surface area contributed by atoms with E-state index >= 15 is 0 Å². The van der Waals surface area contributed by atoms with Crippen LogP contribution in [-0.2, 0) is 4.74 Å². The highest BCUT2D eigenvalue weighted by atomic mass is 16.5. The number of ether oxygens (including phenoxy) is 1. The Morgan fingerprint density at radius 1 is 1.37 bits per heavy atom. The van der Waals surface area contributed by atoms with E-state index in [2.05, 4.69) is 15.2 Å². The molecule has 1 aromatic heterocycles. The van der Waals surface area contributed by atoms with E-state index in [0.717, 1.165) is 0 Å². The van der Waals surface area contributed by atoms with Gasteiger partial charge in [0.15, 0.2) is 5.69 Å². The number of methoxy groups -OCH3 is 1. The lowest BCUT2D eigenvalue weighted by Crippen LogP contribution is -2.14. The van der Waals surface area contributed by atoms with Crippen molar-refractivity contribution in [3.63, 3.8) is 0 Å². The number of hydrogen-bond acceptors (Lipinski definition) is 5. The molecule has 0 atom stereocenters. The maximum atomic E-state index is 11.9. The number of aryl methyl sites for hydroxylation is 1. The van der Waals surface area contributed by atoms with Crippen LogP contribution in [0.2, 0.25) is 0 Å². The lowest BCUT2D eigenvalue weighted by molar-refractivity contribution is 0.0600. The highest BCUT2D eigenvalue weighted by molar-refractivity contribution is 6.04. The predicted molar refractivity (Wildman–Crippen MR) is 67.0 cm³/mol. The van der Waals surface area contributed by atoms with Gasteiger partial charge in [-0.3, -0.25) is 4.79 Å². The van der Waals surface area contributed by atoms with Gasteiger partial charge in [-0.1, -0.05) is 11.2 Å². The molecule has 0 spiro atoms. The first-order chi connectivity index (χ1) is 9.11. The van der Waals surface area contributed by atoms with Crippen molar-refractivity contribution in [3.8, 4) is 0 Å². The second-order valence-corrected chi connectivity index (χ2v) is 3.87. The fourth-order valence-electron chi connectivity index (χ4n) is 1.54. The third-order valence-corrected chi connectivity index (χ3v) is 2.50. The van der Waals surface area contributed by atoms with Crippen molar-refractivity contribution in [2.24, 2.45) is 0 Å². The standard InChI is InChI=1S/C13H12N2O4/c1-8-7-19-15-11(8)12(16)14-10-5-3-4-9(6-10)13(17)18-2/h3-7H,1-2H3,(H,14,16). The molecule has 2 rings (SSSR count). The average molecular weight is 260 g/mol. The highest BCUT2D eigenvalue weighted by Crippen LogP contribution is 2.14. The van der Waals surface area contributed by atoms with E-state index in [1.165, 1.54) is 19.4 Å². The van der Waals surface area contributed by atoms with E-state index < -0.39 is 11.9 Å². The quantitative estimate of drug-likeness (QED) is 0.854. The predicted octanol–water partition coefficient (Wildman–Crippen LogP) is 2.02. The topological polar surface area (TPSA) is 81.4 Å². The molecule has 0 aliphatic carbocycles. The SMILES string of the molecule is COC(=O)c1cccc(NC(=O)c2nocc2C)c1. The maximum absolute atomic E-state index is 11.9. The fraction of sp³-hybridized carbons (Fsp3) is 0.154. The summed E-state index contributed by atoms with van der Waals surface area (Å²) in [5.74, 6) is -0.859. The van der Waals surface area contributed by atoms with Crippen LogP contribution < -0.4 is 5.32 Å². The van der Waals surface area contributed by atoms with Gasteiger partial charge in [0.2, 0.25) is 0 Å². The summed E-state index contributed by atoms with van der Waals surface area (Å²) in [6, 6.07) is 6.44. The number of rotatable bonds is 3. The molecule has 0 radical (unpaired) electrons. The summed E-state index contributed by atoms with van der Waals surface area (Å²) < 4.78 is 9.31. The summed E-state index contributed by atoms with van der Waals surface area (Å²) in [7, 11) is 1.30. The Kier molecular flexibility index (Phi) is 3.61. The molecule has 6 heteroatoms. The smallest absolute Gasteiger partial charge is 0.337 e. The van der Waals surface area contributed by atoms with Crippen LogP contribution in [0.4, 0.5) is 5.69 Å². The third kappa shape index (κ3) is 2.79. The van der Waals surface area contributed by atoms with Crippen LogP contribution >= 0.6 is 0 Å². The minimum Gasteiger partial charge on any atom is -0.465 e. The van der Waals surface area contributed by atoms with E-state index in [9.17, 15) is 9.59 Å². The number of nitrogens with one attached hydrogen (secondary N) is 1. The van der Waals surface area contributed by atoms with Crippen molar-refractivity contribution >= 4 is 17.6 Å². The van der Waals surface area contributed by atoms with Crippen LogP contribution in [0.5, 0.6) is 0 Å². The first-order valence-electron chi connectivity index (χ1n) is 5.52. The van der Waals surface area contributed by atoms with Crippen molar-refractivity contribution in [1.82, 2.24) is 5.16 Å². The van der Waals surface area contributed by atoms with Gasteiger partial charge in [0.25, 0.3) is 5.91 Å². The zero-order chi connectivity index (χ0) is 13.8. The molecule has 0 aliphatic heterocycles. The Morgan fingerprint density at radius 2 is 2.16 bits per heavy atom. The molecule has 0 bridgehead atoms. The molecule has 2 aromatic rings. The molecule has 98 valence electrons. The van der Waals surface area contributed by atoms with Crippen molar-refractivity contribution in [2.45, 2.75) is 6.92 Å². The Bertz CT molecular complexity index is 619. The second-order valence-electron chi connectivity index (χ2n) is 3.87. The lowest BCUT2D eigenvalue weighted by Gasteiger charge is -2.05. The largest absolute Gasteiger partial charge is 0.465 e. The van der Waals surface area contributed by atoms with E-state index in [0.29, 0.717) is 16.8 Å². The molecule has 1 amide bonds. The molecule has 0 fully saturated rings. The van der Waals surface area contributed by atoms with E-state index in [4.69, 9.17) is 4.52 Å². The molecular formula is C13H12N2O4. The Hall–Kier alpha value is -2.63.